The number of benzene rings is 2. The highest BCUT2D eigenvalue weighted by Crippen LogP contribution is 2.29. The van der Waals surface area contributed by atoms with E-state index in [1.165, 1.54) is 5.56 Å². The van der Waals surface area contributed by atoms with Gasteiger partial charge in [-0.05, 0) is 43.5 Å². The lowest BCUT2D eigenvalue weighted by molar-refractivity contribution is 0.238. The van der Waals surface area contributed by atoms with Crippen LogP contribution >= 0.6 is 12.4 Å². The van der Waals surface area contributed by atoms with Gasteiger partial charge >= 0.3 is 0 Å². The van der Waals surface area contributed by atoms with Crippen LogP contribution in [0.2, 0.25) is 0 Å². The van der Waals surface area contributed by atoms with Gasteiger partial charge in [0.15, 0.2) is 11.5 Å². The highest BCUT2D eigenvalue weighted by molar-refractivity contribution is 5.85. The van der Waals surface area contributed by atoms with Gasteiger partial charge in [0, 0.05) is 12.6 Å². The van der Waals surface area contributed by atoms with Crippen LogP contribution in [0.3, 0.4) is 0 Å². The van der Waals surface area contributed by atoms with Crippen molar-refractivity contribution in [3.8, 4) is 11.5 Å². The van der Waals surface area contributed by atoms with Crippen LogP contribution in [0.5, 0.6) is 11.5 Å². The summed E-state index contributed by atoms with van der Waals surface area (Å²) in [5, 5.41) is 12.6. The second-order valence-corrected chi connectivity index (χ2v) is 6.16. The van der Waals surface area contributed by atoms with E-state index in [2.05, 4.69) is 43.4 Å². The van der Waals surface area contributed by atoms with E-state index in [-0.39, 0.29) is 25.1 Å². The summed E-state index contributed by atoms with van der Waals surface area (Å²) in [4.78, 5) is 0. The number of rotatable bonds is 10. The molecule has 0 bridgehead atoms. The van der Waals surface area contributed by atoms with E-state index in [0.29, 0.717) is 19.8 Å². The lowest BCUT2D eigenvalue weighted by atomic mass is 10.1. The quantitative estimate of drug-likeness (QED) is 0.647. The van der Waals surface area contributed by atoms with Gasteiger partial charge in [-0.25, -0.2) is 0 Å². The van der Waals surface area contributed by atoms with E-state index in [1.807, 2.05) is 25.1 Å². The number of ether oxygens (including phenoxy) is 2. The van der Waals surface area contributed by atoms with Crippen molar-refractivity contribution in [2.75, 3.05) is 13.2 Å². The molecule has 2 N–H and O–H groups in total. The van der Waals surface area contributed by atoms with E-state index in [1.54, 1.807) is 0 Å². The molecule has 2 aromatic rings. The van der Waals surface area contributed by atoms with Crippen LogP contribution in [0.1, 0.15) is 37.0 Å². The van der Waals surface area contributed by atoms with E-state index in [9.17, 15) is 5.11 Å². The first kappa shape index (κ1) is 22.3. The summed E-state index contributed by atoms with van der Waals surface area (Å²) in [6.45, 7) is 8.04. The van der Waals surface area contributed by atoms with Gasteiger partial charge in [0.1, 0.15) is 6.61 Å². The van der Waals surface area contributed by atoms with Crippen molar-refractivity contribution in [1.82, 2.24) is 5.32 Å². The van der Waals surface area contributed by atoms with E-state index in [0.717, 1.165) is 29.0 Å². The maximum atomic E-state index is 9.28. The Kier molecular flexibility index (Phi) is 10.1. The maximum Gasteiger partial charge on any atom is 0.161 e. The molecule has 144 valence electrons. The molecule has 0 aliphatic carbocycles. The molecular weight excluding hydrogens is 350 g/mol. The fourth-order valence-corrected chi connectivity index (χ4v) is 2.50. The SMILES string of the molecule is CCOc1cc(CNC(CC)CO)ccc1OCc1ccc(C)cc1.Cl. The molecule has 0 aliphatic heterocycles. The maximum absolute atomic E-state index is 9.28. The van der Waals surface area contributed by atoms with E-state index in [4.69, 9.17) is 9.47 Å². The summed E-state index contributed by atoms with van der Waals surface area (Å²) >= 11 is 0. The number of halogens is 1. The predicted octanol–water partition coefficient (Wildman–Crippen LogP) is 4.26. The second kappa shape index (κ2) is 11.8. The van der Waals surface area contributed by atoms with Crippen molar-refractivity contribution in [2.45, 2.75) is 46.4 Å². The van der Waals surface area contributed by atoms with Crippen molar-refractivity contribution in [2.24, 2.45) is 0 Å². The zero-order valence-corrected chi connectivity index (χ0v) is 16.6. The van der Waals surface area contributed by atoms with Gasteiger partial charge in [0.25, 0.3) is 0 Å². The topological polar surface area (TPSA) is 50.7 Å². The Bertz CT molecular complexity index is 642. The Hall–Kier alpha value is -1.75. The molecule has 5 heteroatoms. The second-order valence-electron chi connectivity index (χ2n) is 6.16. The van der Waals surface area contributed by atoms with Crippen LogP contribution in [0.15, 0.2) is 42.5 Å². The summed E-state index contributed by atoms with van der Waals surface area (Å²) in [6, 6.07) is 14.4. The number of hydrogen-bond donors (Lipinski definition) is 2. The molecule has 0 aliphatic rings. The Morgan fingerprint density at radius 2 is 1.65 bits per heavy atom. The molecule has 26 heavy (non-hydrogen) atoms. The van der Waals surface area contributed by atoms with Crippen LogP contribution < -0.4 is 14.8 Å². The van der Waals surface area contributed by atoms with E-state index >= 15 is 0 Å². The first-order chi connectivity index (χ1) is 12.2. The zero-order valence-electron chi connectivity index (χ0n) is 15.8. The van der Waals surface area contributed by atoms with Crippen molar-refractivity contribution < 1.29 is 14.6 Å². The molecule has 1 atom stereocenters. The number of aryl methyl sites for hydroxylation is 1. The molecule has 0 spiro atoms. The third-order valence-electron chi connectivity index (χ3n) is 4.13. The van der Waals surface area contributed by atoms with Crippen LogP contribution in [0.25, 0.3) is 0 Å². The number of nitrogens with one attached hydrogen (secondary N) is 1. The van der Waals surface area contributed by atoms with Gasteiger partial charge in [-0.15, -0.1) is 12.4 Å². The fourth-order valence-electron chi connectivity index (χ4n) is 2.50. The standard InChI is InChI=1S/C21H29NO3.ClH/c1-4-19(14-23)22-13-18-10-11-20(21(12-18)24-5-2)25-15-17-8-6-16(3)7-9-17;/h6-12,19,22-23H,4-5,13-15H2,1-3H3;1H. The van der Waals surface area contributed by atoms with Crippen LogP contribution in [0, 0.1) is 6.92 Å². The Labute approximate surface area is 162 Å². The average molecular weight is 380 g/mol. The van der Waals surface area contributed by atoms with Crippen molar-refractivity contribution in [3.63, 3.8) is 0 Å². The predicted molar refractivity (Wildman–Crippen MR) is 108 cm³/mol. The van der Waals surface area contributed by atoms with Crippen molar-refractivity contribution in [1.29, 1.82) is 0 Å². The number of aliphatic hydroxyl groups is 1. The van der Waals surface area contributed by atoms with Crippen LogP contribution in [-0.4, -0.2) is 24.4 Å². The largest absolute Gasteiger partial charge is 0.490 e. The minimum absolute atomic E-state index is 0. The summed E-state index contributed by atoms with van der Waals surface area (Å²) in [5.74, 6) is 1.51. The first-order valence-corrected chi connectivity index (χ1v) is 8.94. The highest BCUT2D eigenvalue weighted by atomic mass is 35.5. The molecule has 0 heterocycles. The molecule has 0 saturated carbocycles. The average Bonchev–Trinajstić information content (AvgIpc) is 2.63. The van der Waals surface area contributed by atoms with E-state index < -0.39 is 0 Å². The highest BCUT2D eigenvalue weighted by Gasteiger charge is 2.09. The zero-order chi connectivity index (χ0) is 18.1. The summed E-state index contributed by atoms with van der Waals surface area (Å²) < 4.78 is 11.7. The van der Waals surface area contributed by atoms with Crippen LogP contribution in [-0.2, 0) is 13.2 Å². The minimum atomic E-state index is 0. The Balaban J connectivity index is 0.00000338. The molecule has 4 nitrogen and oxygen atoms in total. The Morgan fingerprint density at radius 1 is 0.962 bits per heavy atom. The minimum Gasteiger partial charge on any atom is -0.490 e. The molecular formula is C21H30ClNO3. The van der Waals surface area contributed by atoms with Gasteiger partial charge < -0.3 is 19.9 Å². The van der Waals surface area contributed by atoms with Gasteiger partial charge in [-0.3, -0.25) is 0 Å². The number of hydrogen-bond acceptors (Lipinski definition) is 4. The van der Waals surface area contributed by atoms with Gasteiger partial charge in [0.2, 0.25) is 0 Å². The first-order valence-electron chi connectivity index (χ1n) is 8.94. The van der Waals surface area contributed by atoms with Crippen molar-refractivity contribution in [3.05, 3.63) is 59.2 Å². The third kappa shape index (κ3) is 6.87. The smallest absolute Gasteiger partial charge is 0.161 e. The lowest BCUT2D eigenvalue weighted by Gasteiger charge is -2.16. The molecule has 2 rings (SSSR count). The third-order valence-corrected chi connectivity index (χ3v) is 4.13. The molecule has 0 amide bonds. The lowest BCUT2D eigenvalue weighted by Crippen LogP contribution is -2.31. The van der Waals surface area contributed by atoms with Gasteiger partial charge in [-0.1, -0.05) is 42.8 Å². The molecule has 2 aromatic carbocycles. The monoisotopic (exact) mass is 379 g/mol. The Morgan fingerprint density at radius 3 is 2.27 bits per heavy atom. The van der Waals surface area contributed by atoms with Gasteiger partial charge in [0.05, 0.1) is 13.2 Å². The van der Waals surface area contributed by atoms with Crippen LogP contribution in [0.4, 0.5) is 0 Å². The molecule has 0 radical (unpaired) electrons. The molecule has 0 aromatic heterocycles. The normalized spacial score (nSPS) is 11.5. The molecule has 0 saturated heterocycles. The summed E-state index contributed by atoms with van der Waals surface area (Å²) in [6.07, 6.45) is 0.895. The van der Waals surface area contributed by atoms with Crippen molar-refractivity contribution >= 4 is 12.4 Å². The summed E-state index contributed by atoms with van der Waals surface area (Å²) in [5.41, 5.74) is 3.48. The molecule has 1 unspecified atom stereocenters. The number of aliphatic hydroxyl groups excluding tert-OH is 1. The fraction of sp³-hybridized carbons (Fsp3) is 0.429. The van der Waals surface area contributed by atoms with Gasteiger partial charge in [-0.2, -0.15) is 0 Å². The molecule has 0 fully saturated rings. The summed E-state index contributed by atoms with van der Waals surface area (Å²) in [7, 11) is 0.